The average molecular weight is 274 g/mol. The highest BCUT2D eigenvalue weighted by molar-refractivity contribution is 5.38. The Labute approximate surface area is 124 Å². The van der Waals surface area contributed by atoms with E-state index in [4.69, 9.17) is 0 Å². The van der Waals surface area contributed by atoms with Crippen LogP contribution in [0.25, 0.3) is 0 Å². The third kappa shape index (κ3) is 2.91. The van der Waals surface area contributed by atoms with Gasteiger partial charge in [-0.3, -0.25) is 0 Å². The van der Waals surface area contributed by atoms with Gasteiger partial charge in [0.2, 0.25) is 0 Å². The summed E-state index contributed by atoms with van der Waals surface area (Å²) >= 11 is 0. The van der Waals surface area contributed by atoms with Crippen LogP contribution in [0.1, 0.15) is 54.5 Å². The van der Waals surface area contributed by atoms with Crippen molar-refractivity contribution in [3.63, 3.8) is 0 Å². The van der Waals surface area contributed by atoms with E-state index >= 15 is 0 Å². The van der Waals surface area contributed by atoms with Gasteiger partial charge in [-0.2, -0.15) is 0 Å². The van der Waals surface area contributed by atoms with Crippen molar-refractivity contribution in [2.24, 2.45) is 0 Å². The average Bonchev–Trinajstić information content (AvgIpc) is 2.31. The van der Waals surface area contributed by atoms with Gasteiger partial charge in [-0.15, -0.1) is 0 Å². The Morgan fingerprint density at radius 2 is 1.70 bits per heavy atom. The lowest BCUT2D eigenvalue weighted by Gasteiger charge is -2.48. The Balaban J connectivity index is 2.05. The number of hydrogen-bond acceptors (Lipinski definition) is 2. The highest BCUT2D eigenvalue weighted by Gasteiger charge is 2.38. The molecule has 1 atom stereocenters. The highest BCUT2D eigenvalue weighted by atomic mass is 15.2. The molecule has 0 saturated heterocycles. The molecule has 1 unspecified atom stereocenters. The van der Waals surface area contributed by atoms with E-state index in [2.05, 4.69) is 64.1 Å². The molecule has 0 aliphatic heterocycles. The first kappa shape index (κ1) is 15.5. The fraction of sp³-hybridized carbons (Fsp3) is 0.667. The molecule has 2 rings (SSSR count). The molecule has 0 heterocycles. The zero-order valence-corrected chi connectivity index (χ0v) is 14.0. The second kappa shape index (κ2) is 5.87. The lowest BCUT2D eigenvalue weighted by atomic mass is 9.75. The van der Waals surface area contributed by atoms with Gasteiger partial charge in [0.15, 0.2) is 0 Å². The summed E-state index contributed by atoms with van der Waals surface area (Å²) < 4.78 is 0. The predicted molar refractivity (Wildman–Crippen MR) is 87.3 cm³/mol. The van der Waals surface area contributed by atoms with E-state index in [1.807, 2.05) is 0 Å². The van der Waals surface area contributed by atoms with E-state index in [0.29, 0.717) is 11.6 Å². The SMILES string of the molecule is Cc1cc(C)c(C(C)NCC2(N(C)C)CCC2)cc1C. The summed E-state index contributed by atoms with van der Waals surface area (Å²) in [5, 5.41) is 3.77. The van der Waals surface area contributed by atoms with Gasteiger partial charge in [0.25, 0.3) is 0 Å². The van der Waals surface area contributed by atoms with Crippen LogP contribution >= 0.6 is 0 Å². The van der Waals surface area contributed by atoms with Crippen LogP contribution in [0.3, 0.4) is 0 Å². The van der Waals surface area contributed by atoms with Gasteiger partial charge < -0.3 is 10.2 Å². The minimum Gasteiger partial charge on any atom is -0.308 e. The molecule has 1 aliphatic carbocycles. The monoisotopic (exact) mass is 274 g/mol. The summed E-state index contributed by atoms with van der Waals surface area (Å²) in [5.74, 6) is 0. The van der Waals surface area contributed by atoms with E-state index in [-0.39, 0.29) is 0 Å². The van der Waals surface area contributed by atoms with E-state index in [0.717, 1.165) is 6.54 Å². The molecule has 0 amide bonds. The maximum absolute atomic E-state index is 3.77. The number of nitrogens with one attached hydrogen (secondary N) is 1. The fourth-order valence-electron chi connectivity index (χ4n) is 3.27. The second-order valence-corrected chi connectivity index (χ2v) is 6.87. The first-order chi connectivity index (χ1) is 9.35. The lowest BCUT2D eigenvalue weighted by molar-refractivity contribution is 0.0576. The zero-order chi connectivity index (χ0) is 14.9. The highest BCUT2D eigenvalue weighted by Crippen LogP contribution is 2.36. The van der Waals surface area contributed by atoms with Crippen LogP contribution in [0.15, 0.2) is 12.1 Å². The van der Waals surface area contributed by atoms with Crippen molar-refractivity contribution in [1.82, 2.24) is 10.2 Å². The largest absolute Gasteiger partial charge is 0.308 e. The van der Waals surface area contributed by atoms with E-state index in [9.17, 15) is 0 Å². The molecule has 2 nitrogen and oxygen atoms in total. The zero-order valence-electron chi connectivity index (χ0n) is 14.0. The quantitative estimate of drug-likeness (QED) is 0.880. The van der Waals surface area contributed by atoms with Crippen molar-refractivity contribution >= 4 is 0 Å². The van der Waals surface area contributed by atoms with Gasteiger partial charge in [0.1, 0.15) is 0 Å². The summed E-state index contributed by atoms with van der Waals surface area (Å²) in [6.45, 7) is 10.0. The van der Waals surface area contributed by atoms with Crippen LogP contribution in [0.4, 0.5) is 0 Å². The number of hydrogen-bond donors (Lipinski definition) is 1. The van der Waals surface area contributed by atoms with E-state index in [1.54, 1.807) is 0 Å². The van der Waals surface area contributed by atoms with Gasteiger partial charge in [-0.1, -0.05) is 12.1 Å². The van der Waals surface area contributed by atoms with Gasteiger partial charge >= 0.3 is 0 Å². The Morgan fingerprint density at radius 1 is 1.10 bits per heavy atom. The molecule has 0 spiro atoms. The maximum atomic E-state index is 3.77. The van der Waals surface area contributed by atoms with E-state index in [1.165, 1.54) is 41.5 Å². The van der Waals surface area contributed by atoms with Crippen LogP contribution in [0, 0.1) is 20.8 Å². The van der Waals surface area contributed by atoms with Crippen molar-refractivity contribution in [1.29, 1.82) is 0 Å². The Bertz CT molecular complexity index is 473. The van der Waals surface area contributed by atoms with Gasteiger partial charge in [-0.05, 0) is 83.3 Å². The summed E-state index contributed by atoms with van der Waals surface area (Å²) in [5.41, 5.74) is 6.02. The van der Waals surface area contributed by atoms with Crippen LogP contribution < -0.4 is 5.32 Å². The molecule has 1 saturated carbocycles. The summed E-state index contributed by atoms with van der Waals surface area (Å²) in [6.07, 6.45) is 4.02. The molecule has 0 radical (unpaired) electrons. The van der Waals surface area contributed by atoms with Crippen molar-refractivity contribution in [3.05, 3.63) is 34.4 Å². The van der Waals surface area contributed by atoms with Crippen LogP contribution in [0.2, 0.25) is 0 Å². The van der Waals surface area contributed by atoms with Crippen molar-refractivity contribution in [2.75, 3.05) is 20.6 Å². The molecule has 0 bridgehead atoms. The molecule has 1 fully saturated rings. The smallest absolute Gasteiger partial charge is 0.0328 e. The number of benzene rings is 1. The van der Waals surface area contributed by atoms with Crippen LogP contribution in [-0.4, -0.2) is 31.1 Å². The standard InChI is InChI=1S/C18H30N2/c1-13-10-15(3)17(11-14(13)2)16(4)19-12-18(20(5)6)8-7-9-18/h10-11,16,19H,7-9,12H2,1-6H3. The number of nitrogens with zero attached hydrogens (tertiary/aromatic N) is 1. The minimum absolute atomic E-state index is 0.391. The number of rotatable bonds is 5. The molecule has 112 valence electrons. The third-order valence-corrected chi connectivity index (χ3v) is 5.32. The molecule has 20 heavy (non-hydrogen) atoms. The molecular weight excluding hydrogens is 244 g/mol. The second-order valence-electron chi connectivity index (χ2n) is 6.87. The van der Waals surface area contributed by atoms with Crippen LogP contribution in [0.5, 0.6) is 0 Å². The summed E-state index contributed by atoms with van der Waals surface area (Å²) in [4.78, 5) is 2.41. The fourth-order valence-corrected chi connectivity index (χ4v) is 3.27. The predicted octanol–water partition coefficient (Wildman–Crippen LogP) is 3.75. The first-order valence-electron chi connectivity index (χ1n) is 7.84. The van der Waals surface area contributed by atoms with Gasteiger partial charge in [0.05, 0.1) is 0 Å². The summed E-state index contributed by atoms with van der Waals surface area (Å²) in [7, 11) is 4.43. The number of aryl methyl sites for hydroxylation is 3. The number of likely N-dealkylation sites (N-methyl/N-ethyl adjacent to an activating group) is 1. The summed E-state index contributed by atoms with van der Waals surface area (Å²) in [6, 6.07) is 5.09. The molecule has 1 aromatic carbocycles. The normalized spacial score (nSPS) is 18.9. The molecule has 0 aromatic heterocycles. The minimum atomic E-state index is 0.391. The molecule has 1 N–H and O–H groups in total. The topological polar surface area (TPSA) is 15.3 Å². The van der Waals surface area contributed by atoms with Gasteiger partial charge in [-0.25, -0.2) is 0 Å². The van der Waals surface area contributed by atoms with Crippen molar-refractivity contribution in [2.45, 2.75) is 58.5 Å². The Hall–Kier alpha value is -0.860. The van der Waals surface area contributed by atoms with E-state index < -0.39 is 0 Å². The lowest BCUT2D eigenvalue weighted by Crippen LogP contribution is -2.56. The Kier molecular flexibility index (Phi) is 4.55. The van der Waals surface area contributed by atoms with Crippen LogP contribution in [-0.2, 0) is 0 Å². The van der Waals surface area contributed by atoms with Crippen molar-refractivity contribution < 1.29 is 0 Å². The molecular formula is C18H30N2. The van der Waals surface area contributed by atoms with Gasteiger partial charge in [0, 0.05) is 18.1 Å². The Morgan fingerprint density at radius 3 is 2.20 bits per heavy atom. The first-order valence-corrected chi connectivity index (χ1v) is 7.84. The molecule has 1 aromatic rings. The maximum Gasteiger partial charge on any atom is 0.0328 e. The molecule has 2 heteroatoms. The molecule has 1 aliphatic rings. The van der Waals surface area contributed by atoms with Crippen molar-refractivity contribution in [3.8, 4) is 0 Å². The third-order valence-electron chi connectivity index (χ3n) is 5.32.